The molecular weight excluding hydrogens is 198 g/mol. The molecule has 0 spiro atoms. The Labute approximate surface area is 76.9 Å². The predicted octanol–water partition coefficient (Wildman–Crippen LogP) is 0.827. The summed E-state index contributed by atoms with van der Waals surface area (Å²) in [4.78, 5) is 9.60. The fraction of sp³-hybridized carbons (Fsp3) is 0.167. The number of carboxylic acid groups (broad SMARTS) is 1. The molecule has 6 nitrogen and oxygen atoms in total. The zero-order chi connectivity index (χ0) is 10.4. The quantitative estimate of drug-likeness (QED) is 0.458. The highest BCUT2D eigenvalue weighted by atomic mass is 32.2. The third kappa shape index (κ3) is 24.8. The predicted molar refractivity (Wildman–Crippen MR) is 49.2 cm³/mol. The fourth-order valence-electron chi connectivity index (χ4n) is 0. The molecule has 0 unspecified atom stereocenters. The summed E-state index contributed by atoms with van der Waals surface area (Å²) in [6.45, 7) is 7.40. The summed E-state index contributed by atoms with van der Waals surface area (Å²) in [6.07, 6.45) is 0. The Morgan fingerprint density at radius 2 is 1.62 bits per heavy atom. The third-order valence-corrected chi connectivity index (χ3v) is 0.997. The van der Waals surface area contributed by atoms with E-state index in [-0.39, 0.29) is 11.7 Å². The van der Waals surface area contributed by atoms with Crippen molar-refractivity contribution >= 4 is 16.1 Å². The van der Waals surface area contributed by atoms with E-state index < -0.39 is 16.1 Å². The smallest absolute Gasteiger partial charge is 0.330 e. The molecule has 0 aromatic heterocycles. The summed E-state index contributed by atoms with van der Waals surface area (Å²) in [5, 5.41) is 8.36. The Balaban J connectivity index is -0.000000143. The molecule has 13 heavy (non-hydrogen) atoms. The Kier molecular flexibility index (Phi) is 10.2. The summed E-state index contributed by atoms with van der Waals surface area (Å²) in [5.41, 5.74) is 0.176. The van der Waals surface area contributed by atoms with Crippen LogP contribution in [-0.2, 0) is 14.9 Å². The van der Waals surface area contributed by atoms with Crippen LogP contribution in [0.3, 0.4) is 0 Å². The highest BCUT2D eigenvalue weighted by Crippen LogP contribution is 1.81. The molecule has 7 heteroatoms. The van der Waals surface area contributed by atoms with Crippen molar-refractivity contribution < 1.29 is 22.9 Å². The van der Waals surface area contributed by atoms with Gasteiger partial charge in [-0.3, -0.25) is 4.55 Å². The van der Waals surface area contributed by atoms with Gasteiger partial charge in [0.2, 0.25) is 0 Å². The summed E-state index contributed by atoms with van der Waals surface area (Å²) in [5.74, 6) is -0.935. The molecule has 0 aromatic carbocycles. The molecule has 0 saturated heterocycles. The minimum absolute atomic E-state index is 0. The summed E-state index contributed by atoms with van der Waals surface area (Å²) in [7, 11) is -3.90. The highest BCUT2D eigenvalue weighted by Gasteiger charge is 1.90. The number of rotatable bonds is 2. The van der Waals surface area contributed by atoms with Gasteiger partial charge in [0.1, 0.15) is 0 Å². The van der Waals surface area contributed by atoms with Crippen molar-refractivity contribution in [3.63, 3.8) is 0 Å². The number of hydrogen-bond donors (Lipinski definition) is 3. The first-order valence-corrected chi connectivity index (χ1v) is 4.19. The van der Waals surface area contributed by atoms with Crippen molar-refractivity contribution in [1.82, 2.24) is 6.15 Å². The molecule has 0 radical (unpaired) electrons. The van der Waals surface area contributed by atoms with Gasteiger partial charge in [0.05, 0.1) is 5.41 Å². The zero-order valence-corrected chi connectivity index (χ0v) is 8.04. The second kappa shape index (κ2) is 7.47. The van der Waals surface area contributed by atoms with Crippen molar-refractivity contribution in [3.8, 4) is 0 Å². The van der Waals surface area contributed by atoms with Crippen LogP contribution in [0.25, 0.3) is 0 Å². The standard InChI is InChI=1S/C4H6O2.C2H4O3S.H3N/c1-3(2)4(5)6;1-2-6(3,4)5;/h1H2,2H3,(H,5,6);2H,1H2,(H,3,4,5);1H3. The van der Waals surface area contributed by atoms with Gasteiger partial charge < -0.3 is 11.3 Å². The van der Waals surface area contributed by atoms with Crippen molar-refractivity contribution in [1.29, 1.82) is 0 Å². The van der Waals surface area contributed by atoms with E-state index in [1.807, 2.05) is 0 Å². The summed E-state index contributed by atoms with van der Waals surface area (Å²) >= 11 is 0. The van der Waals surface area contributed by atoms with E-state index in [2.05, 4.69) is 13.2 Å². The first kappa shape index (κ1) is 17.8. The van der Waals surface area contributed by atoms with Crippen LogP contribution in [0.15, 0.2) is 24.1 Å². The van der Waals surface area contributed by atoms with Crippen LogP contribution in [-0.4, -0.2) is 24.0 Å². The van der Waals surface area contributed by atoms with E-state index in [9.17, 15) is 13.2 Å². The minimum Gasteiger partial charge on any atom is -0.478 e. The number of hydrogen-bond acceptors (Lipinski definition) is 4. The molecule has 0 aromatic rings. The fourth-order valence-corrected chi connectivity index (χ4v) is 0. The van der Waals surface area contributed by atoms with E-state index in [0.29, 0.717) is 5.41 Å². The molecule has 0 saturated carbocycles. The average Bonchev–Trinajstić information content (AvgIpc) is 1.87. The molecule has 78 valence electrons. The average molecular weight is 211 g/mol. The Hall–Kier alpha value is -1.18. The van der Waals surface area contributed by atoms with Crippen LogP contribution in [0.5, 0.6) is 0 Å². The van der Waals surface area contributed by atoms with Crippen LogP contribution < -0.4 is 6.15 Å². The first-order chi connectivity index (χ1) is 5.20. The molecule has 0 aliphatic heterocycles. The molecule has 0 bridgehead atoms. The SMILES string of the molecule is C=C(C)C(=O)O.C=CS(=O)(=O)O.N. The number of carbonyl (C=O) groups is 1. The van der Waals surface area contributed by atoms with Gasteiger partial charge in [-0.2, -0.15) is 8.42 Å². The largest absolute Gasteiger partial charge is 0.478 e. The zero-order valence-electron chi connectivity index (χ0n) is 7.23. The maximum Gasteiger partial charge on any atom is 0.330 e. The minimum atomic E-state index is -3.90. The maximum atomic E-state index is 9.60. The van der Waals surface area contributed by atoms with E-state index in [4.69, 9.17) is 9.66 Å². The topological polar surface area (TPSA) is 127 Å². The number of aliphatic carboxylic acids is 1. The lowest BCUT2D eigenvalue weighted by molar-refractivity contribution is -0.132. The van der Waals surface area contributed by atoms with Crippen molar-refractivity contribution in [3.05, 3.63) is 24.1 Å². The molecule has 0 fully saturated rings. The molecule has 0 heterocycles. The van der Waals surface area contributed by atoms with Gasteiger partial charge in [0.25, 0.3) is 10.1 Å². The summed E-state index contributed by atoms with van der Waals surface area (Å²) in [6, 6.07) is 0. The van der Waals surface area contributed by atoms with Crippen LogP contribution in [0.1, 0.15) is 6.92 Å². The van der Waals surface area contributed by atoms with Gasteiger partial charge in [-0.25, -0.2) is 4.79 Å². The van der Waals surface area contributed by atoms with Crippen molar-refractivity contribution in [2.75, 3.05) is 0 Å². The lowest BCUT2D eigenvalue weighted by Crippen LogP contribution is -1.92. The first-order valence-electron chi connectivity index (χ1n) is 2.69. The van der Waals surface area contributed by atoms with E-state index in [1.54, 1.807) is 0 Å². The van der Waals surface area contributed by atoms with E-state index in [1.165, 1.54) is 6.92 Å². The van der Waals surface area contributed by atoms with E-state index in [0.717, 1.165) is 0 Å². The maximum absolute atomic E-state index is 9.60. The number of carboxylic acids is 1. The monoisotopic (exact) mass is 211 g/mol. The Bertz CT molecular complexity index is 256. The third-order valence-electron chi connectivity index (χ3n) is 0.576. The van der Waals surface area contributed by atoms with Gasteiger partial charge in [-0.15, -0.1) is 0 Å². The normalized spacial score (nSPS) is 8.46. The van der Waals surface area contributed by atoms with Crippen LogP contribution in [0, 0.1) is 0 Å². The highest BCUT2D eigenvalue weighted by molar-refractivity contribution is 7.88. The Morgan fingerprint density at radius 1 is 1.46 bits per heavy atom. The van der Waals surface area contributed by atoms with Crippen LogP contribution in [0.4, 0.5) is 0 Å². The second-order valence-corrected chi connectivity index (χ2v) is 3.13. The van der Waals surface area contributed by atoms with Gasteiger partial charge in [0.15, 0.2) is 0 Å². The molecular formula is C6H13NO5S. The molecule has 5 N–H and O–H groups in total. The summed E-state index contributed by atoms with van der Waals surface area (Å²) < 4.78 is 26.6. The lowest BCUT2D eigenvalue weighted by atomic mass is 10.4. The van der Waals surface area contributed by atoms with Gasteiger partial charge >= 0.3 is 5.97 Å². The van der Waals surface area contributed by atoms with Gasteiger partial charge in [-0.05, 0) is 6.92 Å². The Morgan fingerprint density at radius 3 is 1.62 bits per heavy atom. The van der Waals surface area contributed by atoms with Gasteiger partial charge in [-0.1, -0.05) is 13.2 Å². The van der Waals surface area contributed by atoms with Crippen LogP contribution >= 0.6 is 0 Å². The van der Waals surface area contributed by atoms with Gasteiger partial charge in [0, 0.05) is 5.57 Å². The molecule has 0 amide bonds. The lowest BCUT2D eigenvalue weighted by Gasteiger charge is -1.79. The molecule has 0 aliphatic carbocycles. The van der Waals surface area contributed by atoms with E-state index >= 15 is 0 Å². The molecule has 0 rings (SSSR count). The van der Waals surface area contributed by atoms with Crippen LogP contribution in [0.2, 0.25) is 0 Å². The molecule has 0 atom stereocenters. The molecule has 0 aliphatic rings. The van der Waals surface area contributed by atoms with Crippen molar-refractivity contribution in [2.45, 2.75) is 6.92 Å². The second-order valence-electron chi connectivity index (χ2n) is 1.77. The van der Waals surface area contributed by atoms with Crippen molar-refractivity contribution in [2.24, 2.45) is 0 Å².